The van der Waals surface area contributed by atoms with Gasteiger partial charge in [0, 0.05) is 6.54 Å². The first-order valence-corrected chi connectivity index (χ1v) is 6.21. The predicted molar refractivity (Wildman–Crippen MR) is 71.1 cm³/mol. The van der Waals surface area contributed by atoms with Crippen LogP contribution in [-0.2, 0) is 9.53 Å². The molecule has 6 nitrogen and oxygen atoms in total. The molecule has 0 spiro atoms. The summed E-state index contributed by atoms with van der Waals surface area (Å²) in [5, 5.41) is 10.8. The number of ether oxygens (including phenoxy) is 2. The van der Waals surface area contributed by atoms with E-state index in [4.69, 9.17) is 14.7 Å². The Morgan fingerprint density at radius 3 is 2.60 bits per heavy atom. The fraction of sp³-hybridized carbons (Fsp3) is 0.357. The second kappa shape index (κ2) is 8.53. The first-order chi connectivity index (χ1) is 9.67. The van der Waals surface area contributed by atoms with Crippen LogP contribution in [0.5, 0.6) is 5.75 Å². The molecule has 0 fully saturated rings. The van der Waals surface area contributed by atoms with Crippen LogP contribution in [0.1, 0.15) is 23.7 Å². The van der Waals surface area contributed by atoms with Crippen molar-refractivity contribution in [3.63, 3.8) is 0 Å². The molecule has 20 heavy (non-hydrogen) atoms. The third-order valence-corrected chi connectivity index (χ3v) is 2.29. The van der Waals surface area contributed by atoms with Crippen molar-refractivity contribution in [3.05, 3.63) is 29.8 Å². The number of carbonyl (C=O) groups excluding carboxylic acids is 2. The molecule has 0 unspecified atom stereocenters. The zero-order chi connectivity index (χ0) is 14.8. The van der Waals surface area contributed by atoms with Crippen LogP contribution >= 0.6 is 0 Å². The van der Waals surface area contributed by atoms with Crippen molar-refractivity contribution in [1.82, 2.24) is 5.32 Å². The highest BCUT2D eigenvalue weighted by Crippen LogP contribution is 2.12. The lowest BCUT2D eigenvalue weighted by Gasteiger charge is -2.06. The molecule has 1 aromatic carbocycles. The van der Waals surface area contributed by atoms with Gasteiger partial charge in [0.1, 0.15) is 5.75 Å². The highest BCUT2D eigenvalue weighted by molar-refractivity contribution is 5.91. The van der Waals surface area contributed by atoms with Crippen LogP contribution in [0, 0.1) is 11.3 Å². The molecular weight excluding hydrogens is 260 g/mol. The van der Waals surface area contributed by atoms with Crippen molar-refractivity contribution >= 4 is 11.9 Å². The maximum Gasteiger partial charge on any atom is 0.338 e. The van der Waals surface area contributed by atoms with Crippen LogP contribution in [0.15, 0.2) is 24.3 Å². The molecule has 0 aliphatic rings. The molecule has 0 aliphatic carbocycles. The standard InChI is InChI=1S/C14H16N2O4/c1-2-19-12-6-4-11(5-7-12)14(18)20-10-13(17)16-9-3-8-15/h4-7H,2-3,9-10H2,1H3,(H,16,17). The maximum absolute atomic E-state index is 11.7. The molecule has 0 saturated heterocycles. The number of amides is 1. The molecule has 0 heterocycles. The minimum atomic E-state index is -0.580. The molecule has 1 rings (SSSR count). The van der Waals surface area contributed by atoms with Crippen molar-refractivity contribution < 1.29 is 19.1 Å². The van der Waals surface area contributed by atoms with E-state index in [2.05, 4.69) is 5.32 Å². The summed E-state index contributed by atoms with van der Waals surface area (Å²) in [7, 11) is 0. The molecule has 1 amide bonds. The smallest absolute Gasteiger partial charge is 0.338 e. The molecule has 0 bridgehead atoms. The largest absolute Gasteiger partial charge is 0.494 e. The quantitative estimate of drug-likeness (QED) is 0.598. The monoisotopic (exact) mass is 276 g/mol. The van der Waals surface area contributed by atoms with Crippen LogP contribution in [0.25, 0.3) is 0 Å². The highest BCUT2D eigenvalue weighted by Gasteiger charge is 2.09. The molecule has 0 saturated carbocycles. The Bertz CT molecular complexity index is 491. The number of esters is 1. The molecule has 1 aromatic rings. The Hall–Kier alpha value is -2.55. The highest BCUT2D eigenvalue weighted by atomic mass is 16.5. The van der Waals surface area contributed by atoms with Crippen LogP contribution in [0.4, 0.5) is 0 Å². The summed E-state index contributed by atoms with van der Waals surface area (Å²) in [5.74, 6) is -0.346. The molecule has 6 heteroatoms. The number of benzene rings is 1. The van der Waals surface area contributed by atoms with Gasteiger partial charge < -0.3 is 14.8 Å². The van der Waals surface area contributed by atoms with Gasteiger partial charge >= 0.3 is 5.97 Å². The molecule has 106 valence electrons. The summed E-state index contributed by atoms with van der Waals surface area (Å²) >= 11 is 0. The Balaban J connectivity index is 2.39. The van der Waals surface area contributed by atoms with E-state index >= 15 is 0 Å². The van der Waals surface area contributed by atoms with E-state index in [1.165, 1.54) is 0 Å². The van der Waals surface area contributed by atoms with E-state index in [0.717, 1.165) is 0 Å². The third-order valence-electron chi connectivity index (χ3n) is 2.29. The van der Waals surface area contributed by atoms with Gasteiger partial charge in [-0.05, 0) is 31.2 Å². The Morgan fingerprint density at radius 1 is 1.30 bits per heavy atom. The minimum absolute atomic E-state index is 0.221. The number of nitrogens with one attached hydrogen (secondary N) is 1. The molecule has 1 N–H and O–H groups in total. The van der Waals surface area contributed by atoms with E-state index in [0.29, 0.717) is 17.9 Å². The van der Waals surface area contributed by atoms with E-state index < -0.39 is 11.9 Å². The SMILES string of the molecule is CCOc1ccc(C(=O)OCC(=O)NCCC#N)cc1. The normalized spacial score (nSPS) is 9.40. The number of hydrogen-bond acceptors (Lipinski definition) is 5. The number of nitriles is 1. The summed E-state index contributed by atoms with van der Waals surface area (Å²) in [6.45, 7) is 2.30. The zero-order valence-corrected chi connectivity index (χ0v) is 11.2. The lowest BCUT2D eigenvalue weighted by Crippen LogP contribution is -2.29. The lowest BCUT2D eigenvalue weighted by atomic mass is 10.2. The second-order valence-corrected chi connectivity index (χ2v) is 3.79. The third kappa shape index (κ3) is 5.40. The van der Waals surface area contributed by atoms with Gasteiger partial charge in [-0.15, -0.1) is 0 Å². The maximum atomic E-state index is 11.7. The topological polar surface area (TPSA) is 88.4 Å². The summed E-state index contributed by atoms with van der Waals surface area (Å²) in [5.41, 5.74) is 0.346. The van der Waals surface area contributed by atoms with E-state index in [1.807, 2.05) is 13.0 Å². The van der Waals surface area contributed by atoms with E-state index in [-0.39, 0.29) is 19.6 Å². The van der Waals surface area contributed by atoms with Gasteiger partial charge in [0.25, 0.3) is 5.91 Å². The fourth-order valence-electron chi connectivity index (χ4n) is 1.38. The van der Waals surface area contributed by atoms with Crippen molar-refractivity contribution in [2.75, 3.05) is 19.8 Å². The van der Waals surface area contributed by atoms with Gasteiger partial charge in [-0.1, -0.05) is 0 Å². The van der Waals surface area contributed by atoms with Gasteiger partial charge in [0.2, 0.25) is 0 Å². The van der Waals surface area contributed by atoms with E-state index in [1.54, 1.807) is 24.3 Å². The molecule has 0 aromatic heterocycles. The average Bonchev–Trinajstić information content (AvgIpc) is 2.46. The number of rotatable bonds is 7. The number of hydrogen-bond donors (Lipinski definition) is 1. The van der Waals surface area contributed by atoms with E-state index in [9.17, 15) is 9.59 Å². The first kappa shape index (κ1) is 15.5. The number of nitrogens with zero attached hydrogens (tertiary/aromatic N) is 1. The Labute approximate surface area is 117 Å². The second-order valence-electron chi connectivity index (χ2n) is 3.79. The van der Waals surface area contributed by atoms with Gasteiger partial charge in [-0.2, -0.15) is 5.26 Å². The number of carbonyl (C=O) groups is 2. The summed E-state index contributed by atoms with van der Waals surface area (Å²) in [4.78, 5) is 22.9. The van der Waals surface area contributed by atoms with Gasteiger partial charge in [0.15, 0.2) is 6.61 Å². The molecule has 0 radical (unpaired) electrons. The molecule has 0 atom stereocenters. The Kier molecular flexibility index (Phi) is 6.62. The molecule has 0 aliphatic heterocycles. The van der Waals surface area contributed by atoms with Gasteiger partial charge in [-0.3, -0.25) is 4.79 Å². The minimum Gasteiger partial charge on any atom is -0.494 e. The van der Waals surface area contributed by atoms with Crippen LogP contribution in [0.2, 0.25) is 0 Å². The fourth-order valence-corrected chi connectivity index (χ4v) is 1.38. The zero-order valence-electron chi connectivity index (χ0n) is 11.2. The van der Waals surface area contributed by atoms with Gasteiger partial charge in [0.05, 0.1) is 24.7 Å². The van der Waals surface area contributed by atoms with Crippen molar-refractivity contribution in [2.45, 2.75) is 13.3 Å². The van der Waals surface area contributed by atoms with Crippen molar-refractivity contribution in [2.24, 2.45) is 0 Å². The summed E-state index contributed by atoms with van der Waals surface area (Å²) < 4.78 is 10.1. The molecular formula is C14H16N2O4. The lowest BCUT2D eigenvalue weighted by molar-refractivity contribution is -0.124. The van der Waals surface area contributed by atoms with Crippen LogP contribution in [-0.4, -0.2) is 31.6 Å². The first-order valence-electron chi connectivity index (χ1n) is 6.21. The Morgan fingerprint density at radius 2 is 2.00 bits per heavy atom. The average molecular weight is 276 g/mol. The van der Waals surface area contributed by atoms with Crippen molar-refractivity contribution in [1.29, 1.82) is 5.26 Å². The van der Waals surface area contributed by atoms with Crippen LogP contribution < -0.4 is 10.1 Å². The summed E-state index contributed by atoms with van der Waals surface area (Å²) in [6, 6.07) is 8.36. The van der Waals surface area contributed by atoms with Gasteiger partial charge in [-0.25, -0.2) is 4.79 Å². The summed E-state index contributed by atoms with van der Waals surface area (Å²) in [6.07, 6.45) is 0.221. The van der Waals surface area contributed by atoms with Crippen LogP contribution in [0.3, 0.4) is 0 Å². The predicted octanol–water partition coefficient (Wildman–Crippen LogP) is 1.27. The van der Waals surface area contributed by atoms with Crippen molar-refractivity contribution in [3.8, 4) is 11.8 Å².